The Morgan fingerprint density at radius 3 is 2.57 bits per heavy atom. The van der Waals surface area contributed by atoms with E-state index in [-0.39, 0.29) is 16.7 Å². The molecule has 1 atom stereocenters. The van der Waals surface area contributed by atoms with Gasteiger partial charge in [0, 0.05) is 29.6 Å². The standard InChI is InChI=1S/C16H18N2O2S/c1-12(14-6-8-16(21-2)9-7-14)17-11-13-4-3-5-15(10-13)18(19)20/h3-10,12,17H,11H2,1-2H3. The third-order valence-corrected chi connectivity index (χ3v) is 4.09. The lowest BCUT2D eigenvalue weighted by Crippen LogP contribution is -2.18. The van der Waals surface area contributed by atoms with Gasteiger partial charge in [0.2, 0.25) is 0 Å². The van der Waals surface area contributed by atoms with Crippen molar-refractivity contribution in [2.75, 3.05) is 6.26 Å². The molecule has 0 radical (unpaired) electrons. The normalized spacial score (nSPS) is 12.1. The highest BCUT2D eigenvalue weighted by molar-refractivity contribution is 7.98. The highest BCUT2D eigenvalue weighted by Gasteiger charge is 2.08. The fourth-order valence-corrected chi connectivity index (χ4v) is 2.47. The molecule has 1 unspecified atom stereocenters. The molecule has 0 spiro atoms. The van der Waals surface area contributed by atoms with Crippen LogP contribution in [0.15, 0.2) is 53.4 Å². The number of hydrogen-bond donors (Lipinski definition) is 1. The van der Waals surface area contributed by atoms with Crippen molar-refractivity contribution in [2.45, 2.75) is 24.4 Å². The van der Waals surface area contributed by atoms with Crippen LogP contribution in [0.3, 0.4) is 0 Å². The Kier molecular flexibility index (Phi) is 5.36. The van der Waals surface area contributed by atoms with Crippen LogP contribution < -0.4 is 5.32 Å². The van der Waals surface area contributed by atoms with Crippen LogP contribution in [0.5, 0.6) is 0 Å². The van der Waals surface area contributed by atoms with Crippen molar-refractivity contribution in [3.63, 3.8) is 0 Å². The van der Waals surface area contributed by atoms with Crippen LogP contribution in [0.25, 0.3) is 0 Å². The minimum absolute atomic E-state index is 0.131. The minimum Gasteiger partial charge on any atom is -0.306 e. The largest absolute Gasteiger partial charge is 0.306 e. The maximum absolute atomic E-state index is 10.8. The van der Waals surface area contributed by atoms with Crippen molar-refractivity contribution in [1.29, 1.82) is 0 Å². The van der Waals surface area contributed by atoms with Crippen LogP contribution in [0.1, 0.15) is 24.1 Å². The van der Waals surface area contributed by atoms with E-state index in [9.17, 15) is 10.1 Å². The average Bonchev–Trinajstić information content (AvgIpc) is 2.53. The molecule has 0 saturated carbocycles. The summed E-state index contributed by atoms with van der Waals surface area (Å²) in [6.45, 7) is 2.69. The summed E-state index contributed by atoms with van der Waals surface area (Å²) in [5.41, 5.74) is 2.25. The molecule has 0 saturated heterocycles. The van der Waals surface area contributed by atoms with E-state index in [2.05, 4.69) is 42.8 Å². The maximum atomic E-state index is 10.8. The van der Waals surface area contributed by atoms with Gasteiger partial charge in [-0.3, -0.25) is 10.1 Å². The number of nitrogens with zero attached hydrogens (tertiary/aromatic N) is 1. The Balaban J connectivity index is 1.98. The molecule has 110 valence electrons. The van der Waals surface area contributed by atoms with Gasteiger partial charge in [0.1, 0.15) is 0 Å². The number of hydrogen-bond acceptors (Lipinski definition) is 4. The Hall–Kier alpha value is -1.85. The number of rotatable bonds is 6. The van der Waals surface area contributed by atoms with Gasteiger partial charge in [-0.15, -0.1) is 11.8 Å². The van der Waals surface area contributed by atoms with Crippen molar-refractivity contribution in [1.82, 2.24) is 5.32 Å². The molecular weight excluding hydrogens is 284 g/mol. The number of nitro benzene ring substituents is 1. The predicted molar refractivity (Wildman–Crippen MR) is 86.6 cm³/mol. The number of nitro groups is 1. The highest BCUT2D eigenvalue weighted by atomic mass is 32.2. The third kappa shape index (κ3) is 4.31. The molecule has 4 nitrogen and oxygen atoms in total. The molecular formula is C16H18N2O2S. The molecule has 0 heterocycles. The fraction of sp³-hybridized carbons (Fsp3) is 0.250. The monoisotopic (exact) mass is 302 g/mol. The molecule has 5 heteroatoms. The molecule has 0 aliphatic carbocycles. The molecule has 0 aromatic heterocycles. The average molecular weight is 302 g/mol. The first-order valence-electron chi connectivity index (χ1n) is 6.71. The van der Waals surface area contributed by atoms with Gasteiger partial charge >= 0.3 is 0 Å². The van der Waals surface area contributed by atoms with Crippen molar-refractivity contribution >= 4 is 17.4 Å². The molecule has 0 bridgehead atoms. The van der Waals surface area contributed by atoms with E-state index in [1.807, 2.05) is 6.07 Å². The number of non-ortho nitro benzene ring substituents is 1. The quantitative estimate of drug-likeness (QED) is 0.494. The van der Waals surface area contributed by atoms with Gasteiger partial charge in [-0.2, -0.15) is 0 Å². The smallest absolute Gasteiger partial charge is 0.269 e. The zero-order chi connectivity index (χ0) is 15.2. The van der Waals surface area contributed by atoms with Gasteiger partial charge in [-0.25, -0.2) is 0 Å². The van der Waals surface area contributed by atoms with Gasteiger partial charge in [0.25, 0.3) is 5.69 Å². The summed E-state index contributed by atoms with van der Waals surface area (Å²) >= 11 is 1.72. The zero-order valence-corrected chi connectivity index (χ0v) is 12.9. The first-order valence-corrected chi connectivity index (χ1v) is 7.93. The second-order valence-electron chi connectivity index (χ2n) is 4.80. The number of benzene rings is 2. The van der Waals surface area contributed by atoms with E-state index in [0.717, 1.165) is 5.56 Å². The SMILES string of the molecule is CSc1ccc(C(C)NCc2cccc([N+](=O)[O-])c2)cc1. The Morgan fingerprint density at radius 2 is 1.95 bits per heavy atom. The first-order chi connectivity index (χ1) is 10.1. The van der Waals surface area contributed by atoms with E-state index >= 15 is 0 Å². The Morgan fingerprint density at radius 1 is 1.24 bits per heavy atom. The molecule has 2 rings (SSSR count). The van der Waals surface area contributed by atoms with Crippen LogP contribution in [-0.2, 0) is 6.54 Å². The first kappa shape index (κ1) is 15.5. The van der Waals surface area contributed by atoms with E-state index in [0.29, 0.717) is 6.54 Å². The third-order valence-electron chi connectivity index (χ3n) is 3.35. The molecule has 0 aliphatic rings. The second kappa shape index (κ2) is 7.24. The van der Waals surface area contributed by atoms with E-state index < -0.39 is 0 Å². The van der Waals surface area contributed by atoms with Crippen molar-refractivity contribution in [3.8, 4) is 0 Å². The summed E-state index contributed by atoms with van der Waals surface area (Å²) in [4.78, 5) is 11.6. The van der Waals surface area contributed by atoms with E-state index in [1.54, 1.807) is 23.9 Å². The maximum Gasteiger partial charge on any atom is 0.269 e. The van der Waals surface area contributed by atoms with E-state index in [4.69, 9.17) is 0 Å². The lowest BCUT2D eigenvalue weighted by molar-refractivity contribution is -0.384. The summed E-state index contributed by atoms with van der Waals surface area (Å²) in [6, 6.07) is 15.3. The summed E-state index contributed by atoms with van der Waals surface area (Å²) in [6.07, 6.45) is 2.05. The summed E-state index contributed by atoms with van der Waals surface area (Å²) in [5.74, 6) is 0. The van der Waals surface area contributed by atoms with Crippen LogP contribution >= 0.6 is 11.8 Å². The van der Waals surface area contributed by atoms with Crippen LogP contribution in [0.2, 0.25) is 0 Å². The molecule has 1 N–H and O–H groups in total. The molecule has 0 amide bonds. The molecule has 0 fully saturated rings. The van der Waals surface area contributed by atoms with Gasteiger partial charge in [-0.1, -0.05) is 24.3 Å². The predicted octanol–water partition coefficient (Wildman–Crippen LogP) is 4.17. The van der Waals surface area contributed by atoms with Crippen molar-refractivity contribution < 1.29 is 4.92 Å². The topological polar surface area (TPSA) is 55.2 Å². The van der Waals surface area contributed by atoms with Gasteiger partial charge < -0.3 is 5.32 Å². The van der Waals surface area contributed by atoms with Gasteiger partial charge in [0.15, 0.2) is 0 Å². The van der Waals surface area contributed by atoms with Crippen molar-refractivity contribution in [3.05, 3.63) is 69.8 Å². The Labute approximate surface area is 128 Å². The molecule has 2 aromatic carbocycles. The zero-order valence-electron chi connectivity index (χ0n) is 12.1. The summed E-state index contributed by atoms with van der Waals surface area (Å²) in [7, 11) is 0. The molecule has 21 heavy (non-hydrogen) atoms. The lowest BCUT2D eigenvalue weighted by Gasteiger charge is -2.14. The minimum atomic E-state index is -0.367. The second-order valence-corrected chi connectivity index (χ2v) is 5.68. The van der Waals surface area contributed by atoms with Gasteiger partial charge in [0.05, 0.1) is 4.92 Å². The van der Waals surface area contributed by atoms with Crippen LogP contribution in [0.4, 0.5) is 5.69 Å². The molecule has 0 aliphatic heterocycles. The highest BCUT2D eigenvalue weighted by Crippen LogP contribution is 2.19. The number of nitrogens with one attached hydrogen (secondary N) is 1. The van der Waals surface area contributed by atoms with Crippen LogP contribution in [-0.4, -0.2) is 11.2 Å². The Bertz CT molecular complexity index is 614. The van der Waals surface area contributed by atoms with E-state index in [1.165, 1.54) is 16.5 Å². The lowest BCUT2D eigenvalue weighted by atomic mass is 10.1. The van der Waals surface area contributed by atoms with Gasteiger partial charge in [-0.05, 0) is 36.4 Å². The number of thioether (sulfide) groups is 1. The van der Waals surface area contributed by atoms with Crippen LogP contribution in [0, 0.1) is 10.1 Å². The summed E-state index contributed by atoms with van der Waals surface area (Å²) in [5, 5.41) is 14.1. The fourth-order valence-electron chi connectivity index (χ4n) is 2.06. The summed E-state index contributed by atoms with van der Waals surface area (Å²) < 4.78 is 0. The molecule has 2 aromatic rings. The van der Waals surface area contributed by atoms with Crippen molar-refractivity contribution in [2.24, 2.45) is 0 Å².